The Morgan fingerprint density at radius 1 is 1.46 bits per heavy atom. The molecule has 1 aliphatic carbocycles. The van der Waals surface area contributed by atoms with Crippen LogP contribution < -0.4 is 10.6 Å². The normalized spacial score (nSPS) is 19.0. The van der Waals surface area contributed by atoms with Crippen LogP contribution in [0.4, 0.5) is 4.39 Å². The Labute approximate surface area is 174 Å². The van der Waals surface area contributed by atoms with Gasteiger partial charge in [-0.15, -0.1) is 34.2 Å². The molecule has 2 atom stereocenters. The molecule has 2 aromatic rings. The fourth-order valence-corrected chi connectivity index (χ4v) is 3.25. The average molecular weight is 493 g/mol. The first-order chi connectivity index (χ1) is 12.1. The molecule has 1 aliphatic rings. The molecule has 0 spiro atoms. The third-order valence-corrected chi connectivity index (χ3v) is 4.69. The number of rotatable bonds is 6. The fraction of sp³-hybridized carbons (Fsp3) is 0.471. The Bertz CT molecular complexity index is 745. The van der Waals surface area contributed by atoms with Crippen molar-refractivity contribution in [3.05, 3.63) is 46.8 Å². The number of benzene rings is 1. The number of halogens is 3. The highest BCUT2D eigenvalue weighted by molar-refractivity contribution is 14.0. The molecular formula is C17H23ClFIN6. The Morgan fingerprint density at radius 3 is 2.96 bits per heavy atom. The molecule has 0 radical (unpaired) electrons. The molecule has 1 heterocycles. The maximum absolute atomic E-state index is 14.0. The molecule has 0 saturated heterocycles. The maximum Gasteiger partial charge on any atom is 0.191 e. The van der Waals surface area contributed by atoms with Crippen LogP contribution in [0.3, 0.4) is 0 Å². The van der Waals surface area contributed by atoms with Gasteiger partial charge in [-0.25, -0.2) is 4.39 Å². The zero-order valence-corrected chi connectivity index (χ0v) is 17.8. The Hall–Kier alpha value is -1.42. The van der Waals surface area contributed by atoms with Crippen molar-refractivity contribution in [1.29, 1.82) is 0 Å². The number of nitrogens with zero attached hydrogens (tertiary/aromatic N) is 4. The van der Waals surface area contributed by atoms with Crippen LogP contribution >= 0.6 is 35.6 Å². The van der Waals surface area contributed by atoms with E-state index in [0.717, 1.165) is 25.2 Å². The molecule has 2 unspecified atom stereocenters. The third kappa shape index (κ3) is 4.85. The smallest absolute Gasteiger partial charge is 0.191 e. The van der Waals surface area contributed by atoms with Crippen LogP contribution in [0.1, 0.15) is 30.7 Å². The van der Waals surface area contributed by atoms with E-state index in [1.54, 1.807) is 25.5 Å². The van der Waals surface area contributed by atoms with Crippen molar-refractivity contribution in [2.75, 3.05) is 13.6 Å². The van der Waals surface area contributed by atoms with Gasteiger partial charge >= 0.3 is 0 Å². The lowest BCUT2D eigenvalue weighted by atomic mass is 10.1. The standard InChI is InChI=1S/C17H22ClFN6.HI/c1-3-15-24-22-10-25(15)8-7-21-17(20-2)23-14-9-11(14)16-12(18)5-4-6-13(16)19;/h4-6,10-11,14H,3,7-9H2,1-2H3,(H2,20,21,23);1H. The summed E-state index contributed by atoms with van der Waals surface area (Å²) in [4.78, 5) is 4.23. The first-order valence-corrected chi connectivity index (χ1v) is 8.79. The molecular weight excluding hydrogens is 470 g/mol. The number of hydrogen-bond acceptors (Lipinski definition) is 3. The first kappa shape index (κ1) is 20.9. The minimum Gasteiger partial charge on any atom is -0.355 e. The molecule has 1 aromatic heterocycles. The molecule has 1 fully saturated rings. The second kappa shape index (κ2) is 9.50. The molecule has 2 N–H and O–H groups in total. The van der Waals surface area contributed by atoms with Crippen molar-refractivity contribution in [3.8, 4) is 0 Å². The highest BCUT2D eigenvalue weighted by Gasteiger charge is 2.41. The van der Waals surface area contributed by atoms with E-state index in [1.165, 1.54) is 6.07 Å². The van der Waals surface area contributed by atoms with E-state index in [4.69, 9.17) is 11.6 Å². The quantitative estimate of drug-likeness (QED) is 0.370. The largest absolute Gasteiger partial charge is 0.355 e. The van der Waals surface area contributed by atoms with Crippen LogP contribution in [0.15, 0.2) is 29.5 Å². The predicted octanol–water partition coefficient (Wildman–Crippen LogP) is 2.97. The van der Waals surface area contributed by atoms with Gasteiger partial charge in [-0.2, -0.15) is 0 Å². The summed E-state index contributed by atoms with van der Waals surface area (Å²) in [7, 11) is 1.72. The van der Waals surface area contributed by atoms with Gasteiger partial charge in [0.25, 0.3) is 0 Å². The summed E-state index contributed by atoms with van der Waals surface area (Å²) in [6.45, 7) is 3.50. The number of guanidine groups is 1. The van der Waals surface area contributed by atoms with Gasteiger partial charge < -0.3 is 15.2 Å². The van der Waals surface area contributed by atoms with Crippen LogP contribution in [-0.4, -0.2) is 40.4 Å². The van der Waals surface area contributed by atoms with Crippen molar-refractivity contribution in [2.24, 2.45) is 4.99 Å². The van der Waals surface area contributed by atoms with Gasteiger partial charge in [-0.05, 0) is 18.6 Å². The van der Waals surface area contributed by atoms with Gasteiger partial charge in [0.1, 0.15) is 18.0 Å². The molecule has 26 heavy (non-hydrogen) atoms. The lowest BCUT2D eigenvalue weighted by molar-refractivity contribution is 0.607. The van der Waals surface area contributed by atoms with Crippen LogP contribution in [0.5, 0.6) is 0 Å². The van der Waals surface area contributed by atoms with Crippen LogP contribution in [-0.2, 0) is 13.0 Å². The van der Waals surface area contributed by atoms with Crippen molar-refractivity contribution in [3.63, 3.8) is 0 Å². The number of hydrogen-bond donors (Lipinski definition) is 2. The summed E-state index contributed by atoms with van der Waals surface area (Å²) in [5.41, 5.74) is 0.592. The topological polar surface area (TPSA) is 67.1 Å². The van der Waals surface area contributed by atoms with E-state index in [2.05, 4.69) is 32.7 Å². The fourth-order valence-electron chi connectivity index (χ4n) is 2.94. The second-order valence-corrected chi connectivity index (χ2v) is 6.43. The SMILES string of the molecule is CCc1nncn1CCNC(=NC)NC1CC1c1c(F)cccc1Cl.I. The summed E-state index contributed by atoms with van der Waals surface area (Å²) in [5.74, 6) is 1.49. The Morgan fingerprint density at radius 2 is 2.27 bits per heavy atom. The van der Waals surface area contributed by atoms with E-state index in [-0.39, 0.29) is 41.8 Å². The van der Waals surface area contributed by atoms with E-state index in [9.17, 15) is 4.39 Å². The Balaban J connectivity index is 0.00000243. The average Bonchev–Trinajstić information content (AvgIpc) is 3.18. The zero-order valence-electron chi connectivity index (χ0n) is 14.7. The number of nitrogens with one attached hydrogen (secondary N) is 2. The van der Waals surface area contributed by atoms with Crippen molar-refractivity contribution in [2.45, 2.75) is 38.3 Å². The molecule has 1 aromatic carbocycles. The number of aliphatic imine (C=N–C) groups is 1. The molecule has 3 rings (SSSR count). The summed E-state index contributed by atoms with van der Waals surface area (Å²) < 4.78 is 16.0. The van der Waals surface area contributed by atoms with Gasteiger partial charge in [-0.1, -0.05) is 24.6 Å². The third-order valence-electron chi connectivity index (χ3n) is 4.36. The molecule has 142 valence electrons. The lowest BCUT2D eigenvalue weighted by Gasteiger charge is -2.13. The van der Waals surface area contributed by atoms with Gasteiger partial charge in [0, 0.05) is 49.1 Å². The Kier molecular flexibility index (Phi) is 7.63. The van der Waals surface area contributed by atoms with E-state index >= 15 is 0 Å². The van der Waals surface area contributed by atoms with Gasteiger partial charge in [0.15, 0.2) is 5.96 Å². The zero-order chi connectivity index (χ0) is 17.8. The second-order valence-electron chi connectivity index (χ2n) is 6.02. The minimum absolute atomic E-state index is 0. The highest BCUT2D eigenvalue weighted by atomic mass is 127. The van der Waals surface area contributed by atoms with Crippen molar-refractivity contribution in [1.82, 2.24) is 25.4 Å². The summed E-state index contributed by atoms with van der Waals surface area (Å²) in [5, 5.41) is 15.1. The van der Waals surface area contributed by atoms with Gasteiger partial charge in [-0.3, -0.25) is 4.99 Å². The number of aryl methyl sites for hydroxylation is 1. The van der Waals surface area contributed by atoms with E-state index < -0.39 is 0 Å². The van der Waals surface area contributed by atoms with Crippen LogP contribution in [0, 0.1) is 5.82 Å². The summed E-state index contributed by atoms with van der Waals surface area (Å²) in [6, 6.07) is 4.95. The van der Waals surface area contributed by atoms with E-state index in [1.807, 2.05) is 4.57 Å². The highest BCUT2D eigenvalue weighted by Crippen LogP contribution is 2.44. The molecule has 9 heteroatoms. The number of aromatic nitrogens is 3. The van der Waals surface area contributed by atoms with Gasteiger partial charge in [0.2, 0.25) is 0 Å². The van der Waals surface area contributed by atoms with Crippen LogP contribution in [0.2, 0.25) is 5.02 Å². The molecule has 6 nitrogen and oxygen atoms in total. The van der Waals surface area contributed by atoms with Gasteiger partial charge in [0.05, 0.1) is 0 Å². The summed E-state index contributed by atoms with van der Waals surface area (Å²) >= 11 is 6.14. The monoisotopic (exact) mass is 492 g/mol. The van der Waals surface area contributed by atoms with Crippen molar-refractivity contribution < 1.29 is 4.39 Å². The summed E-state index contributed by atoms with van der Waals surface area (Å²) in [6.07, 6.45) is 3.42. The molecule has 1 saturated carbocycles. The van der Waals surface area contributed by atoms with Crippen LogP contribution in [0.25, 0.3) is 0 Å². The molecule has 0 bridgehead atoms. The lowest BCUT2D eigenvalue weighted by Crippen LogP contribution is -2.40. The maximum atomic E-state index is 14.0. The molecule has 0 amide bonds. The predicted molar refractivity (Wildman–Crippen MR) is 112 cm³/mol. The van der Waals surface area contributed by atoms with E-state index in [0.29, 0.717) is 23.1 Å². The van der Waals surface area contributed by atoms with Crippen molar-refractivity contribution >= 4 is 41.5 Å². The minimum atomic E-state index is -0.246. The first-order valence-electron chi connectivity index (χ1n) is 8.41. The molecule has 0 aliphatic heterocycles.